The zero-order valence-corrected chi connectivity index (χ0v) is 10.7. The molecule has 1 rings (SSSR count). The van der Waals surface area contributed by atoms with Crippen LogP contribution in [0.15, 0.2) is 0 Å². The van der Waals surface area contributed by atoms with E-state index in [4.69, 9.17) is 12.2 Å². The second-order valence-corrected chi connectivity index (χ2v) is 5.65. The van der Waals surface area contributed by atoms with Crippen LogP contribution in [0.2, 0.25) is 0 Å². The van der Waals surface area contributed by atoms with Crippen LogP contribution >= 0.6 is 12.2 Å². The van der Waals surface area contributed by atoms with Crippen LogP contribution < -0.4 is 0 Å². The first-order chi connectivity index (χ1) is 6.50. The first-order valence-corrected chi connectivity index (χ1v) is 6.21. The van der Waals surface area contributed by atoms with Gasteiger partial charge in [-0.15, -0.1) is 0 Å². The van der Waals surface area contributed by atoms with Crippen LogP contribution in [0.5, 0.6) is 0 Å². The van der Waals surface area contributed by atoms with Crippen molar-refractivity contribution in [1.82, 2.24) is 4.90 Å². The zero-order valence-electron chi connectivity index (χ0n) is 9.92. The molecule has 1 saturated heterocycles. The highest BCUT2D eigenvalue weighted by atomic mass is 32.1. The Morgan fingerprint density at radius 3 is 2.50 bits per heavy atom. The number of likely N-dealkylation sites (tertiary alicyclic amines) is 1. The summed E-state index contributed by atoms with van der Waals surface area (Å²) >= 11 is 5.40. The summed E-state index contributed by atoms with van der Waals surface area (Å²) in [6, 6.07) is 0.581. The minimum Gasteiger partial charge on any atom is -0.363 e. The molecule has 0 N–H and O–H groups in total. The maximum Gasteiger partial charge on any atom is 0.0781 e. The molecule has 0 aromatic heterocycles. The Labute approximate surface area is 93.9 Å². The quantitative estimate of drug-likeness (QED) is 0.660. The Morgan fingerprint density at radius 2 is 2.00 bits per heavy atom. The van der Waals surface area contributed by atoms with Gasteiger partial charge in [-0.2, -0.15) is 0 Å². The van der Waals surface area contributed by atoms with Crippen LogP contribution in [-0.4, -0.2) is 22.5 Å². The van der Waals surface area contributed by atoms with Crippen molar-refractivity contribution in [2.45, 2.75) is 53.0 Å². The predicted molar refractivity (Wildman–Crippen MR) is 66.6 cm³/mol. The summed E-state index contributed by atoms with van der Waals surface area (Å²) in [5.74, 6) is 1.68. The molecule has 0 radical (unpaired) electrons. The summed E-state index contributed by atoms with van der Waals surface area (Å²) in [6.07, 6.45) is 3.79. The number of hydrogen-bond donors (Lipinski definition) is 0. The summed E-state index contributed by atoms with van der Waals surface area (Å²) in [6.45, 7) is 10.3. The third-order valence-corrected chi connectivity index (χ3v) is 3.41. The lowest BCUT2D eigenvalue weighted by Crippen LogP contribution is -2.43. The summed E-state index contributed by atoms with van der Waals surface area (Å²) < 4.78 is 0. The lowest BCUT2D eigenvalue weighted by Gasteiger charge is -2.38. The average Bonchev–Trinajstić information content (AvgIpc) is 2.07. The van der Waals surface area contributed by atoms with Gasteiger partial charge in [-0.3, -0.25) is 0 Å². The van der Waals surface area contributed by atoms with Crippen LogP contribution in [0.25, 0.3) is 0 Å². The normalized spacial score (nSPS) is 23.7. The molecule has 0 spiro atoms. The zero-order chi connectivity index (χ0) is 10.7. The summed E-state index contributed by atoms with van der Waals surface area (Å²) in [5, 5.41) is 0. The fourth-order valence-corrected chi connectivity index (χ4v) is 2.70. The minimum absolute atomic E-state index is 0.581. The Balaban J connectivity index is 2.49. The van der Waals surface area contributed by atoms with Gasteiger partial charge in [0.1, 0.15) is 0 Å². The van der Waals surface area contributed by atoms with E-state index >= 15 is 0 Å². The van der Waals surface area contributed by atoms with Crippen molar-refractivity contribution in [2.24, 2.45) is 11.8 Å². The highest BCUT2D eigenvalue weighted by Gasteiger charge is 2.24. The average molecular weight is 213 g/mol. The fraction of sp³-hybridized carbons (Fsp3) is 0.917. The van der Waals surface area contributed by atoms with Gasteiger partial charge >= 0.3 is 0 Å². The molecule has 0 aromatic carbocycles. The largest absolute Gasteiger partial charge is 0.363 e. The third-order valence-electron chi connectivity index (χ3n) is 2.97. The van der Waals surface area contributed by atoms with E-state index in [9.17, 15) is 0 Å². The maximum atomic E-state index is 5.40. The minimum atomic E-state index is 0.581. The first-order valence-electron chi connectivity index (χ1n) is 5.80. The van der Waals surface area contributed by atoms with E-state index in [2.05, 4.69) is 32.6 Å². The van der Waals surface area contributed by atoms with Crippen LogP contribution in [0, 0.1) is 11.8 Å². The first kappa shape index (κ1) is 12.0. The number of hydrogen-bond acceptors (Lipinski definition) is 1. The highest BCUT2D eigenvalue weighted by molar-refractivity contribution is 7.80. The van der Waals surface area contributed by atoms with Gasteiger partial charge in [-0.05, 0) is 44.9 Å². The van der Waals surface area contributed by atoms with E-state index in [1.807, 2.05) is 0 Å². The van der Waals surface area contributed by atoms with Crippen molar-refractivity contribution in [3.05, 3.63) is 0 Å². The van der Waals surface area contributed by atoms with Gasteiger partial charge in [0.15, 0.2) is 0 Å². The van der Waals surface area contributed by atoms with Gasteiger partial charge in [0.2, 0.25) is 0 Å². The van der Waals surface area contributed by atoms with Crippen molar-refractivity contribution in [1.29, 1.82) is 0 Å². The molecule has 14 heavy (non-hydrogen) atoms. The van der Waals surface area contributed by atoms with Crippen molar-refractivity contribution in [3.8, 4) is 0 Å². The predicted octanol–water partition coefficient (Wildman–Crippen LogP) is 3.48. The molecule has 2 heteroatoms. The van der Waals surface area contributed by atoms with Crippen molar-refractivity contribution < 1.29 is 0 Å². The molecule has 0 aromatic rings. The van der Waals surface area contributed by atoms with E-state index in [1.165, 1.54) is 24.4 Å². The molecule has 82 valence electrons. The second kappa shape index (κ2) is 5.11. The van der Waals surface area contributed by atoms with E-state index in [-0.39, 0.29) is 0 Å². The molecule has 0 bridgehead atoms. The van der Waals surface area contributed by atoms with Gasteiger partial charge in [-0.1, -0.05) is 26.1 Å². The monoisotopic (exact) mass is 213 g/mol. The molecule has 1 atom stereocenters. The second-order valence-electron chi connectivity index (χ2n) is 5.17. The number of rotatable bonds is 3. The standard InChI is InChI=1S/C12H23NS/c1-9(2)7-11-5-6-12(14)13(8-11)10(3)4/h9-11H,5-8H2,1-4H3. The Morgan fingerprint density at radius 1 is 1.36 bits per heavy atom. The van der Waals surface area contributed by atoms with Crippen molar-refractivity contribution in [2.75, 3.05) is 6.54 Å². The fourth-order valence-electron chi connectivity index (χ4n) is 2.30. The summed E-state index contributed by atoms with van der Waals surface area (Å²) in [5.41, 5.74) is 0. The molecule has 1 aliphatic heterocycles. The van der Waals surface area contributed by atoms with Crippen molar-refractivity contribution >= 4 is 17.2 Å². The van der Waals surface area contributed by atoms with Gasteiger partial charge < -0.3 is 4.90 Å². The molecular formula is C12H23NS. The van der Waals surface area contributed by atoms with E-state index < -0.39 is 0 Å². The molecule has 1 fully saturated rings. The third kappa shape index (κ3) is 3.23. The lowest BCUT2D eigenvalue weighted by molar-refractivity contribution is 0.233. The van der Waals surface area contributed by atoms with E-state index in [0.29, 0.717) is 6.04 Å². The molecule has 1 aliphatic rings. The molecule has 0 aliphatic carbocycles. The van der Waals surface area contributed by atoms with Crippen molar-refractivity contribution in [3.63, 3.8) is 0 Å². The number of nitrogens with zero attached hydrogens (tertiary/aromatic N) is 1. The van der Waals surface area contributed by atoms with Gasteiger partial charge in [0.05, 0.1) is 4.99 Å². The molecule has 1 nitrogen and oxygen atoms in total. The van der Waals surface area contributed by atoms with Gasteiger partial charge in [0.25, 0.3) is 0 Å². The Hall–Kier alpha value is -0.110. The number of piperidine rings is 1. The smallest absolute Gasteiger partial charge is 0.0781 e. The topological polar surface area (TPSA) is 3.24 Å². The lowest BCUT2D eigenvalue weighted by atomic mass is 9.89. The molecule has 1 unspecified atom stereocenters. The summed E-state index contributed by atoms with van der Waals surface area (Å²) in [7, 11) is 0. The Kier molecular flexibility index (Phi) is 4.36. The summed E-state index contributed by atoms with van der Waals surface area (Å²) in [4.78, 5) is 3.59. The molecule has 0 saturated carbocycles. The molecule has 1 heterocycles. The van der Waals surface area contributed by atoms with E-state index in [0.717, 1.165) is 18.3 Å². The highest BCUT2D eigenvalue weighted by Crippen LogP contribution is 2.25. The number of thiocarbonyl (C=S) groups is 1. The Bertz CT molecular complexity index is 198. The molecule has 0 amide bonds. The van der Waals surface area contributed by atoms with E-state index in [1.54, 1.807) is 0 Å². The van der Waals surface area contributed by atoms with Crippen LogP contribution in [0.3, 0.4) is 0 Å². The van der Waals surface area contributed by atoms with Crippen LogP contribution in [0.1, 0.15) is 47.0 Å². The molecular weight excluding hydrogens is 190 g/mol. The van der Waals surface area contributed by atoms with Gasteiger partial charge in [-0.25, -0.2) is 0 Å². The van der Waals surface area contributed by atoms with Gasteiger partial charge in [0, 0.05) is 12.6 Å². The van der Waals surface area contributed by atoms with Crippen LogP contribution in [0.4, 0.5) is 0 Å². The maximum absolute atomic E-state index is 5.40. The van der Waals surface area contributed by atoms with Crippen LogP contribution in [-0.2, 0) is 0 Å². The SMILES string of the molecule is CC(C)CC1CCC(=S)N(C(C)C)C1.